The Hall–Kier alpha value is -1.99. The molecule has 1 amide bonds. The van der Waals surface area contributed by atoms with Gasteiger partial charge in [0, 0.05) is 5.02 Å². The summed E-state index contributed by atoms with van der Waals surface area (Å²) in [7, 11) is 0. The predicted molar refractivity (Wildman–Crippen MR) is 79.1 cm³/mol. The van der Waals surface area contributed by atoms with Crippen LogP contribution in [0.25, 0.3) is 0 Å². The van der Waals surface area contributed by atoms with Crippen LogP contribution in [0.1, 0.15) is 18.6 Å². The van der Waals surface area contributed by atoms with E-state index in [1.807, 2.05) is 31.2 Å². The van der Waals surface area contributed by atoms with E-state index in [2.05, 4.69) is 15.5 Å². The maximum Gasteiger partial charge on any atom is 0.244 e. The minimum atomic E-state index is -0.173. The number of ether oxygens (including phenoxy) is 1. The van der Waals surface area contributed by atoms with Gasteiger partial charge in [0.15, 0.2) is 0 Å². The van der Waals surface area contributed by atoms with Crippen LogP contribution in [-0.4, -0.2) is 50.2 Å². The van der Waals surface area contributed by atoms with Crippen molar-refractivity contribution in [2.24, 2.45) is 0 Å². The van der Waals surface area contributed by atoms with Crippen LogP contribution in [-0.2, 0) is 16.1 Å². The minimum Gasteiger partial charge on any atom is -0.370 e. The van der Waals surface area contributed by atoms with Gasteiger partial charge in [-0.3, -0.25) is 4.79 Å². The number of amides is 1. The lowest BCUT2D eigenvalue weighted by molar-refractivity contribution is -0.145. The number of nitrogens with zero attached hydrogens (tertiary/aromatic N) is 5. The Kier molecular flexibility index (Phi) is 4.35. The van der Waals surface area contributed by atoms with Crippen LogP contribution in [0.2, 0.25) is 5.02 Å². The number of carbonyl (C=O) groups is 1. The first-order valence-corrected chi connectivity index (χ1v) is 7.38. The molecule has 0 spiro atoms. The predicted octanol–water partition coefficient (Wildman–Crippen LogP) is 1.32. The summed E-state index contributed by atoms with van der Waals surface area (Å²) in [4.78, 5) is 14.2. The van der Waals surface area contributed by atoms with E-state index in [0.717, 1.165) is 5.56 Å². The maximum atomic E-state index is 12.4. The van der Waals surface area contributed by atoms with Gasteiger partial charge < -0.3 is 9.64 Å². The van der Waals surface area contributed by atoms with Crippen LogP contribution in [0.3, 0.4) is 0 Å². The number of morpholine rings is 1. The van der Waals surface area contributed by atoms with Crippen LogP contribution in [0, 0.1) is 0 Å². The van der Waals surface area contributed by atoms with Crippen molar-refractivity contribution < 1.29 is 9.53 Å². The monoisotopic (exact) mass is 321 g/mol. The quantitative estimate of drug-likeness (QED) is 0.852. The zero-order valence-electron chi connectivity index (χ0n) is 12.1. The second kappa shape index (κ2) is 6.41. The van der Waals surface area contributed by atoms with Gasteiger partial charge in [0.2, 0.25) is 5.91 Å². The molecule has 0 unspecified atom stereocenters. The number of benzene rings is 1. The number of hydrogen-bond acceptors (Lipinski definition) is 5. The van der Waals surface area contributed by atoms with Gasteiger partial charge in [-0.05, 0) is 35.0 Å². The largest absolute Gasteiger partial charge is 0.370 e. The molecule has 2 heterocycles. The molecule has 1 aromatic carbocycles. The number of tetrazole rings is 1. The molecule has 8 heteroatoms. The van der Waals surface area contributed by atoms with E-state index in [1.54, 1.807) is 4.90 Å². The first-order valence-electron chi connectivity index (χ1n) is 7.01. The molecule has 0 N–H and O–H groups in total. The summed E-state index contributed by atoms with van der Waals surface area (Å²) in [6.07, 6.45) is 1.25. The van der Waals surface area contributed by atoms with Gasteiger partial charge in [0.05, 0.1) is 19.2 Å². The molecule has 1 aromatic heterocycles. The normalized spacial score (nSPS) is 21.8. The molecule has 0 aliphatic carbocycles. The number of carbonyl (C=O) groups excluding carboxylic acids is 1. The summed E-state index contributed by atoms with van der Waals surface area (Å²) >= 11 is 6.02. The maximum absolute atomic E-state index is 12.4. The van der Waals surface area contributed by atoms with E-state index >= 15 is 0 Å². The molecule has 0 bridgehead atoms. The van der Waals surface area contributed by atoms with Crippen molar-refractivity contribution in [1.29, 1.82) is 0 Å². The Morgan fingerprint density at radius 3 is 3.09 bits per heavy atom. The highest BCUT2D eigenvalue weighted by atomic mass is 35.5. The van der Waals surface area contributed by atoms with E-state index in [9.17, 15) is 4.79 Å². The van der Waals surface area contributed by atoms with Crippen LogP contribution >= 0.6 is 11.6 Å². The number of aromatic nitrogens is 4. The van der Waals surface area contributed by atoms with Crippen molar-refractivity contribution in [2.45, 2.75) is 25.6 Å². The molecule has 1 saturated heterocycles. The summed E-state index contributed by atoms with van der Waals surface area (Å²) in [6.45, 7) is 3.06. The number of hydrogen-bond donors (Lipinski definition) is 0. The first kappa shape index (κ1) is 14.9. The molecule has 1 fully saturated rings. The van der Waals surface area contributed by atoms with Crippen LogP contribution in [0.4, 0.5) is 0 Å². The Labute approximate surface area is 132 Å². The van der Waals surface area contributed by atoms with Crippen LogP contribution < -0.4 is 0 Å². The minimum absolute atomic E-state index is 0.0133. The van der Waals surface area contributed by atoms with E-state index in [-0.39, 0.29) is 24.6 Å². The number of rotatable bonds is 3. The summed E-state index contributed by atoms with van der Waals surface area (Å²) in [5.41, 5.74) is 0.972. The molecule has 1 aliphatic rings. The molecule has 3 rings (SSSR count). The highest BCUT2D eigenvalue weighted by Crippen LogP contribution is 2.26. The van der Waals surface area contributed by atoms with Crippen molar-refractivity contribution in [2.75, 3.05) is 13.2 Å². The second-order valence-electron chi connectivity index (χ2n) is 5.28. The van der Waals surface area contributed by atoms with E-state index in [0.29, 0.717) is 18.2 Å². The fourth-order valence-electron chi connectivity index (χ4n) is 2.49. The molecule has 2 atom stereocenters. The van der Waals surface area contributed by atoms with Crippen molar-refractivity contribution in [3.8, 4) is 0 Å². The second-order valence-corrected chi connectivity index (χ2v) is 5.72. The molecule has 22 heavy (non-hydrogen) atoms. The third kappa shape index (κ3) is 3.26. The van der Waals surface area contributed by atoms with E-state index in [1.165, 1.54) is 11.0 Å². The molecule has 7 nitrogen and oxygen atoms in total. The summed E-state index contributed by atoms with van der Waals surface area (Å²) in [6, 6.07) is 7.53. The molecule has 2 aromatic rings. The third-order valence-corrected chi connectivity index (χ3v) is 3.90. The molecular formula is C14H16ClN5O2. The van der Waals surface area contributed by atoms with Gasteiger partial charge in [0.25, 0.3) is 0 Å². The van der Waals surface area contributed by atoms with E-state index in [4.69, 9.17) is 16.3 Å². The Bertz CT molecular complexity index is 648. The smallest absolute Gasteiger partial charge is 0.244 e. The highest BCUT2D eigenvalue weighted by molar-refractivity contribution is 6.30. The SMILES string of the molecule is C[C@H]1CO[C@@H](c2cccc(Cl)c2)CN1C(=O)Cn1cnnn1. The average Bonchev–Trinajstić information content (AvgIpc) is 3.00. The number of halogens is 1. The summed E-state index contributed by atoms with van der Waals surface area (Å²) in [5, 5.41) is 11.5. The Morgan fingerprint density at radius 1 is 1.50 bits per heavy atom. The summed E-state index contributed by atoms with van der Waals surface area (Å²) < 4.78 is 7.26. The van der Waals surface area contributed by atoms with E-state index < -0.39 is 0 Å². The third-order valence-electron chi connectivity index (χ3n) is 3.66. The summed E-state index contributed by atoms with van der Waals surface area (Å²) in [5.74, 6) is -0.0323. The molecule has 1 aliphatic heterocycles. The Balaban J connectivity index is 1.72. The lowest BCUT2D eigenvalue weighted by Gasteiger charge is -2.38. The molecule has 116 valence electrons. The van der Waals surface area contributed by atoms with Crippen molar-refractivity contribution in [3.05, 3.63) is 41.2 Å². The zero-order valence-corrected chi connectivity index (χ0v) is 12.8. The van der Waals surface area contributed by atoms with Gasteiger partial charge in [0.1, 0.15) is 19.0 Å². The fraction of sp³-hybridized carbons (Fsp3) is 0.429. The van der Waals surface area contributed by atoms with Gasteiger partial charge in [-0.25, -0.2) is 4.68 Å². The molecule has 0 radical (unpaired) electrons. The highest BCUT2D eigenvalue weighted by Gasteiger charge is 2.30. The standard InChI is InChI=1S/C14H16ClN5O2/c1-10-8-22-13(11-3-2-4-12(15)5-11)6-20(10)14(21)7-19-9-16-17-18-19/h2-5,9-10,13H,6-8H2,1H3/t10-,13+/m0/s1. The molecule has 0 saturated carbocycles. The molecular weight excluding hydrogens is 306 g/mol. The van der Waals surface area contributed by atoms with Crippen molar-refractivity contribution >= 4 is 17.5 Å². The van der Waals surface area contributed by atoms with Crippen LogP contribution in [0.5, 0.6) is 0 Å². The average molecular weight is 322 g/mol. The topological polar surface area (TPSA) is 73.1 Å². The lowest BCUT2D eigenvalue weighted by Crippen LogP contribution is -2.49. The van der Waals surface area contributed by atoms with Gasteiger partial charge in [-0.2, -0.15) is 0 Å². The van der Waals surface area contributed by atoms with Crippen molar-refractivity contribution in [1.82, 2.24) is 25.1 Å². The van der Waals surface area contributed by atoms with Gasteiger partial charge in [-0.15, -0.1) is 5.10 Å². The van der Waals surface area contributed by atoms with Crippen LogP contribution in [0.15, 0.2) is 30.6 Å². The fourth-order valence-corrected chi connectivity index (χ4v) is 2.69. The van der Waals surface area contributed by atoms with Gasteiger partial charge >= 0.3 is 0 Å². The zero-order chi connectivity index (χ0) is 15.5. The van der Waals surface area contributed by atoms with Crippen molar-refractivity contribution in [3.63, 3.8) is 0 Å². The van der Waals surface area contributed by atoms with Gasteiger partial charge in [-0.1, -0.05) is 23.7 Å². The Morgan fingerprint density at radius 2 is 2.36 bits per heavy atom. The lowest BCUT2D eigenvalue weighted by atomic mass is 10.1. The first-order chi connectivity index (χ1) is 10.6.